The van der Waals surface area contributed by atoms with Crippen molar-refractivity contribution in [3.63, 3.8) is 0 Å². The van der Waals surface area contributed by atoms with E-state index in [0.29, 0.717) is 5.56 Å². The standard InChI is InChI=1S/C15H23NO3/c1-11-5-7-13(8-6-11)14(19)16(9-12(2)18)15(3,4)10-17/h5-8,12,17-18H,9-10H2,1-4H3. The van der Waals surface area contributed by atoms with Crippen LogP contribution in [-0.4, -0.2) is 45.8 Å². The SMILES string of the molecule is Cc1ccc(C(=O)N(CC(C)O)C(C)(C)CO)cc1. The second kappa shape index (κ2) is 6.17. The van der Waals surface area contributed by atoms with Crippen LogP contribution in [0.5, 0.6) is 0 Å². The summed E-state index contributed by atoms with van der Waals surface area (Å²) >= 11 is 0. The van der Waals surface area contributed by atoms with Gasteiger partial charge < -0.3 is 15.1 Å². The number of carbonyl (C=O) groups excluding carboxylic acids is 1. The number of hydrogen-bond donors (Lipinski definition) is 2. The summed E-state index contributed by atoms with van der Waals surface area (Å²) in [6.45, 7) is 7.18. The number of β-amino-alcohol motifs (C(OH)–C–C–N with tert-alkyl or cyclic N) is 1. The normalized spacial score (nSPS) is 13.2. The molecule has 0 aromatic heterocycles. The van der Waals surface area contributed by atoms with E-state index >= 15 is 0 Å². The minimum atomic E-state index is -0.709. The quantitative estimate of drug-likeness (QED) is 0.850. The average Bonchev–Trinajstić information content (AvgIpc) is 2.35. The van der Waals surface area contributed by atoms with Crippen molar-refractivity contribution in [2.24, 2.45) is 0 Å². The molecule has 2 N–H and O–H groups in total. The van der Waals surface area contributed by atoms with Gasteiger partial charge in [-0.15, -0.1) is 0 Å². The molecule has 0 aliphatic heterocycles. The van der Waals surface area contributed by atoms with Gasteiger partial charge in [-0.3, -0.25) is 4.79 Å². The molecule has 0 radical (unpaired) electrons. The third-order valence-electron chi connectivity index (χ3n) is 3.11. The molecule has 0 bridgehead atoms. The highest BCUT2D eigenvalue weighted by Gasteiger charge is 2.31. The summed E-state index contributed by atoms with van der Waals surface area (Å²) in [6, 6.07) is 7.28. The first-order valence-electron chi connectivity index (χ1n) is 6.45. The maximum atomic E-state index is 12.5. The van der Waals surface area contributed by atoms with E-state index in [1.54, 1.807) is 32.9 Å². The molecule has 1 aromatic carbocycles. The summed E-state index contributed by atoms with van der Waals surface area (Å²) in [5.41, 5.74) is 0.937. The molecule has 0 aliphatic carbocycles. The van der Waals surface area contributed by atoms with Crippen molar-refractivity contribution in [3.8, 4) is 0 Å². The van der Waals surface area contributed by atoms with Gasteiger partial charge >= 0.3 is 0 Å². The van der Waals surface area contributed by atoms with Crippen LogP contribution in [0.2, 0.25) is 0 Å². The summed E-state index contributed by atoms with van der Waals surface area (Å²) in [5, 5.41) is 19.0. The van der Waals surface area contributed by atoms with Crippen molar-refractivity contribution in [1.82, 2.24) is 4.90 Å². The van der Waals surface area contributed by atoms with E-state index in [2.05, 4.69) is 0 Å². The molecular weight excluding hydrogens is 242 g/mol. The summed E-state index contributed by atoms with van der Waals surface area (Å²) < 4.78 is 0. The molecule has 1 atom stereocenters. The Morgan fingerprint density at radius 3 is 2.26 bits per heavy atom. The number of amides is 1. The lowest BCUT2D eigenvalue weighted by Gasteiger charge is -2.38. The molecule has 0 saturated heterocycles. The fraction of sp³-hybridized carbons (Fsp3) is 0.533. The molecule has 4 nitrogen and oxygen atoms in total. The second-order valence-electron chi connectivity index (χ2n) is 5.60. The number of benzene rings is 1. The first kappa shape index (κ1) is 15.7. The van der Waals surface area contributed by atoms with Crippen molar-refractivity contribution < 1.29 is 15.0 Å². The molecule has 106 valence electrons. The number of aliphatic hydroxyl groups excluding tert-OH is 2. The first-order valence-corrected chi connectivity index (χ1v) is 6.45. The molecule has 0 saturated carbocycles. The highest BCUT2D eigenvalue weighted by molar-refractivity contribution is 5.94. The van der Waals surface area contributed by atoms with Crippen molar-refractivity contribution in [1.29, 1.82) is 0 Å². The maximum absolute atomic E-state index is 12.5. The van der Waals surface area contributed by atoms with Gasteiger partial charge in [-0.2, -0.15) is 0 Å². The number of hydrogen-bond acceptors (Lipinski definition) is 3. The van der Waals surface area contributed by atoms with Gasteiger partial charge in [-0.1, -0.05) is 17.7 Å². The molecule has 1 amide bonds. The van der Waals surface area contributed by atoms with E-state index in [0.717, 1.165) is 5.56 Å². The minimum Gasteiger partial charge on any atom is -0.394 e. The van der Waals surface area contributed by atoms with Gasteiger partial charge in [-0.25, -0.2) is 0 Å². The van der Waals surface area contributed by atoms with Crippen LogP contribution in [0.25, 0.3) is 0 Å². The van der Waals surface area contributed by atoms with Crippen molar-refractivity contribution in [2.45, 2.75) is 39.3 Å². The monoisotopic (exact) mass is 265 g/mol. The Morgan fingerprint density at radius 2 is 1.84 bits per heavy atom. The molecule has 0 spiro atoms. The average molecular weight is 265 g/mol. The lowest BCUT2D eigenvalue weighted by Crippen LogP contribution is -2.52. The molecule has 0 aliphatic rings. The molecule has 19 heavy (non-hydrogen) atoms. The summed E-state index contributed by atoms with van der Waals surface area (Å²) in [7, 11) is 0. The van der Waals surface area contributed by atoms with Crippen LogP contribution in [-0.2, 0) is 0 Å². The Balaban J connectivity index is 3.04. The predicted molar refractivity (Wildman–Crippen MR) is 75.1 cm³/mol. The molecule has 1 unspecified atom stereocenters. The van der Waals surface area contributed by atoms with Crippen LogP contribution in [0, 0.1) is 6.92 Å². The molecule has 1 rings (SSSR count). The smallest absolute Gasteiger partial charge is 0.254 e. The van der Waals surface area contributed by atoms with E-state index in [1.807, 2.05) is 19.1 Å². The molecule has 1 aromatic rings. The number of carbonyl (C=O) groups is 1. The topological polar surface area (TPSA) is 60.8 Å². The van der Waals surface area contributed by atoms with Crippen molar-refractivity contribution in [3.05, 3.63) is 35.4 Å². The molecule has 4 heteroatoms. The first-order chi connectivity index (χ1) is 8.77. The number of nitrogens with zero attached hydrogens (tertiary/aromatic N) is 1. The van der Waals surface area contributed by atoms with Crippen LogP contribution in [0.4, 0.5) is 0 Å². The van der Waals surface area contributed by atoms with Crippen molar-refractivity contribution >= 4 is 5.91 Å². The van der Waals surface area contributed by atoms with Crippen LogP contribution in [0.3, 0.4) is 0 Å². The lowest BCUT2D eigenvalue weighted by atomic mass is 10.0. The summed E-state index contributed by atoms with van der Waals surface area (Å²) in [5.74, 6) is -0.181. The van der Waals surface area contributed by atoms with Crippen LogP contribution in [0.1, 0.15) is 36.7 Å². The highest BCUT2D eigenvalue weighted by Crippen LogP contribution is 2.18. The summed E-state index contributed by atoms with van der Waals surface area (Å²) in [4.78, 5) is 14.0. The third-order valence-corrected chi connectivity index (χ3v) is 3.11. The third kappa shape index (κ3) is 4.04. The van der Waals surface area contributed by atoms with Gasteiger partial charge in [0.25, 0.3) is 5.91 Å². The van der Waals surface area contributed by atoms with Gasteiger partial charge in [0.05, 0.1) is 18.2 Å². The van der Waals surface area contributed by atoms with Gasteiger partial charge in [0.15, 0.2) is 0 Å². The molecule has 0 fully saturated rings. The molecular formula is C15H23NO3. The number of aryl methyl sites for hydroxylation is 1. The van der Waals surface area contributed by atoms with E-state index in [-0.39, 0.29) is 19.1 Å². The lowest BCUT2D eigenvalue weighted by molar-refractivity contribution is 0.0194. The highest BCUT2D eigenvalue weighted by atomic mass is 16.3. The second-order valence-corrected chi connectivity index (χ2v) is 5.60. The number of rotatable bonds is 5. The van der Waals surface area contributed by atoms with Crippen molar-refractivity contribution in [2.75, 3.05) is 13.2 Å². The minimum absolute atomic E-state index is 0.155. The van der Waals surface area contributed by atoms with E-state index < -0.39 is 11.6 Å². The zero-order chi connectivity index (χ0) is 14.6. The Bertz CT molecular complexity index is 424. The molecule has 0 heterocycles. The van der Waals surface area contributed by atoms with Crippen LogP contribution < -0.4 is 0 Å². The van der Waals surface area contributed by atoms with E-state index in [4.69, 9.17) is 0 Å². The maximum Gasteiger partial charge on any atom is 0.254 e. The largest absolute Gasteiger partial charge is 0.394 e. The van der Waals surface area contributed by atoms with Gasteiger partial charge in [0.2, 0.25) is 0 Å². The fourth-order valence-corrected chi connectivity index (χ4v) is 1.81. The van der Waals surface area contributed by atoms with Crippen LogP contribution in [0.15, 0.2) is 24.3 Å². The Kier molecular flexibility index (Phi) is 5.09. The van der Waals surface area contributed by atoms with Gasteiger partial charge in [-0.05, 0) is 39.8 Å². The van der Waals surface area contributed by atoms with E-state index in [9.17, 15) is 15.0 Å². The Labute approximate surface area is 114 Å². The summed E-state index contributed by atoms with van der Waals surface area (Å²) in [6.07, 6.45) is -0.639. The number of aliphatic hydroxyl groups is 2. The van der Waals surface area contributed by atoms with Gasteiger partial charge in [0, 0.05) is 12.1 Å². The predicted octanol–water partition coefficient (Wildman–Crippen LogP) is 1.59. The Morgan fingerprint density at radius 1 is 1.32 bits per heavy atom. The Hall–Kier alpha value is -1.39. The van der Waals surface area contributed by atoms with E-state index in [1.165, 1.54) is 4.90 Å². The van der Waals surface area contributed by atoms with Gasteiger partial charge in [0.1, 0.15) is 0 Å². The zero-order valence-corrected chi connectivity index (χ0v) is 12.1. The fourth-order valence-electron chi connectivity index (χ4n) is 1.81. The zero-order valence-electron chi connectivity index (χ0n) is 12.1. The van der Waals surface area contributed by atoms with Crippen LogP contribution >= 0.6 is 0 Å².